The molecule has 0 aromatic heterocycles. The third-order valence-corrected chi connectivity index (χ3v) is 8.35. The molecule has 3 aromatic carbocycles. The van der Waals surface area contributed by atoms with E-state index in [1.165, 1.54) is 32.4 Å². The van der Waals surface area contributed by atoms with Gasteiger partial charge < -0.3 is 19.3 Å². The maximum atomic E-state index is 13.7. The van der Waals surface area contributed by atoms with E-state index < -0.39 is 16.1 Å². The van der Waals surface area contributed by atoms with Crippen LogP contribution in [0.15, 0.2) is 71.6 Å². The van der Waals surface area contributed by atoms with Gasteiger partial charge in [-0.05, 0) is 48.7 Å². The standard InChI is InChI=1S/C28H32ClN3O5S/c1-20-9-10-22(29)18-25(20)31-13-15-32(16-14-31)28(33)24(17-21-7-5-4-6-8-21)30-38(34,35)23-11-12-26(36-2)27(19-23)37-3/h4-12,18-19,24,30H,13-17H2,1-3H3/t24-/m1/s1. The highest BCUT2D eigenvalue weighted by Crippen LogP contribution is 2.30. The van der Waals surface area contributed by atoms with E-state index in [0.717, 1.165) is 16.8 Å². The fourth-order valence-corrected chi connectivity index (χ4v) is 5.95. The van der Waals surface area contributed by atoms with Crippen molar-refractivity contribution < 1.29 is 22.7 Å². The summed E-state index contributed by atoms with van der Waals surface area (Å²) in [5.41, 5.74) is 3.01. The highest BCUT2D eigenvalue weighted by molar-refractivity contribution is 7.89. The number of rotatable bonds is 9. The number of carbonyl (C=O) groups excluding carboxylic acids is 1. The molecular formula is C28H32ClN3O5S. The van der Waals surface area contributed by atoms with E-state index in [1.807, 2.05) is 55.5 Å². The first-order chi connectivity index (χ1) is 18.2. The molecule has 1 saturated heterocycles. The highest BCUT2D eigenvalue weighted by atomic mass is 35.5. The first-order valence-corrected chi connectivity index (χ1v) is 14.2. The van der Waals surface area contributed by atoms with Gasteiger partial charge in [-0.3, -0.25) is 4.79 Å². The van der Waals surface area contributed by atoms with E-state index in [1.54, 1.807) is 4.90 Å². The summed E-state index contributed by atoms with van der Waals surface area (Å²) in [6.45, 7) is 4.20. The maximum Gasteiger partial charge on any atom is 0.241 e. The van der Waals surface area contributed by atoms with Gasteiger partial charge in [0.1, 0.15) is 6.04 Å². The summed E-state index contributed by atoms with van der Waals surface area (Å²) >= 11 is 6.21. The number of anilines is 1. The van der Waals surface area contributed by atoms with Crippen LogP contribution in [0, 0.1) is 6.92 Å². The van der Waals surface area contributed by atoms with Gasteiger partial charge in [0.2, 0.25) is 15.9 Å². The smallest absolute Gasteiger partial charge is 0.241 e. The fraction of sp³-hybridized carbons (Fsp3) is 0.321. The molecule has 3 aromatic rings. The third-order valence-electron chi connectivity index (χ3n) is 6.65. The molecule has 1 fully saturated rings. The Bertz CT molecular complexity index is 1380. The van der Waals surface area contributed by atoms with Gasteiger partial charge in [-0.2, -0.15) is 4.72 Å². The van der Waals surface area contributed by atoms with Crippen LogP contribution in [0.1, 0.15) is 11.1 Å². The Morgan fingerprint density at radius 1 is 0.947 bits per heavy atom. The van der Waals surface area contributed by atoms with Crippen LogP contribution in [0.3, 0.4) is 0 Å². The van der Waals surface area contributed by atoms with Crippen LogP contribution in [-0.2, 0) is 21.2 Å². The second-order valence-corrected chi connectivity index (χ2v) is 11.3. The zero-order valence-electron chi connectivity index (χ0n) is 21.7. The van der Waals surface area contributed by atoms with E-state index in [0.29, 0.717) is 37.0 Å². The number of amides is 1. The largest absolute Gasteiger partial charge is 0.493 e. The van der Waals surface area contributed by atoms with Gasteiger partial charge in [0.25, 0.3) is 0 Å². The number of nitrogens with zero attached hydrogens (tertiary/aromatic N) is 2. The predicted molar refractivity (Wildman–Crippen MR) is 149 cm³/mol. The molecule has 10 heteroatoms. The lowest BCUT2D eigenvalue weighted by atomic mass is 10.1. The number of methoxy groups -OCH3 is 2. The SMILES string of the molecule is COc1ccc(S(=O)(=O)N[C@H](Cc2ccccc2)C(=O)N2CCN(c3cc(Cl)ccc3C)CC2)cc1OC. The molecule has 1 heterocycles. The summed E-state index contributed by atoms with van der Waals surface area (Å²) in [7, 11) is -1.13. The molecular weight excluding hydrogens is 526 g/mol. The molecule has 38 heavy (non-hydrogen) atoms. The Kier molecular flexibility index (Phi) is 8.81. The number of piperazine rings is 1. The number of benzene rings is 3. The second kappa shape index (κ2) is 12.1. The van der Waals surface area contributed by atoms with Gasteiger partial charge >= 0.3 is 0 Å². The number of hydrogen-bond donors (Lipinski definition) is 1. The number of nitrogens with one attached hydrogen (secondary N) is 1. The van der Waals surface area contributed by atoms with Crippen molar-refractivity contribution in [3.63, 3.8) is 0 Å². The average molecular weight is 558 g/mol. The van der Waals surface area contributed by atoms with Crippen molar-refractivity contribution in [1.29, 1.82) is 0 Å². The Balaban J connectivity index is 1.54. The normalized spacial score (nSPS) is 14.7. The Morgan fingerprint density at radius 3 is 2.29 bits per heavy atom. The lowest BCUT2D eigenvalue weighted by Gasteiger charge is -2.38. The second-order valence-electron chi connectivity index (χ2n) is 9.12. The minimum Gasteiger partial charge on any atom is -0.493 e. The lowest BCUT2D eigenvalue weighted by Crippen LogP contribution is -2.55. The summed E-state index contributed by atoms with van der Waals surface area (Å²) in [5, 5.41) is 0.664. The molecule has 1 amide bonds. The van der Waals surface area contributed by atoms with Crippen LogP contribution in [0.2, 0.25) is 5.02 Å². The van der Waals surface area contributed by atoms with Crippen LogP contribution in [0.4, 0.5) is 5.69 Å². The van der Waals surface area contributed by atoms with Crippen molar-refractivity contribution in [2.45, 2.75) is 24.3 Å². The number of ether oxygens (including phenoxy) is 2. The quantitative estimate of drug-likeness (QED) is 0.429. The molecule has 1 aliphatic rings. The Labute approximate surface area is 229 Å². The minimum absolute atomic E-state index is 0.0118. The van der Waals surface area contributed by atoms with Crippen LogP contribution >= 0.6 is 11.6 Å². The number of carbonyl (C=O) groups is 1. The Morgan fingerprint density at radius 2 is 1.63 bits per heavy atom. The molecule has 1 aliphatic heterocycles. The molecule has 0 aliphatic carbocycles. The Hall–Kier alpha value is -3.27. The van der Waals surface area contributed by atoms with Gasteiger partial charge in [0.05, 0.1) is 19.1 Å². The predicted octanol–water partition coefficient (Wildman–Crippen LogP) is 3.90. The molecule has 4 rings (SSSR count). The molecule has 1 atom stereocenters. The van der Waals surface area contributed by atoms with Crippen molar-refractivity contribution >= 4 is 33.2 Å². The molecule has 0 saturated carbocycles. The third kappa shape index (κ3) is 6.40. The minimum atomic E-state index is -4.04. The number of aryl methyl sites for hydroxylation is 1. The highest BCUT2D eigenvalue weighted by Gasteiger charge is 2.32. The average Bonchev–Trinajstić information content (AvgIpc) is 2.93. The van der Waals surface area contributed by atoms with E-state index in [2.05, 4.69) is 9.62 Å². The first kappa shape index (κ1) is 27.8. The van der Waals surface area contributed by atoms with Crippen molar-refractivity contribution in [2.75, 3.05) is 45.3 Å². The van der Waals surface area contributed by atoms with Crippen LogP contribution < -0.4 is 19.1 Å². The van der Waals surface area contributed by atoms with Gasteiger partial charge in [-0.25, -0.2) is 8.42 Å². The van der Waals surface area contributed by atoms with Crippen molar-refractivity contribution in [3.05, 3.63) is 82.9 Å². The van der Waals surface area contributed by atoms with E-state index in [9.17, 15) is 13.2 Å². The fourth-order valence-electron chi connectivity index (χ4n) is 4.58. The van der Waals surface area contributed by atoms with Crippen LogP contribution in [0.5, 0.6) is 11.5 Å². The van der Waals surface area contributed by atoms with E-state index in [4.69, 9.17) is 21.1 Å². The molecule has 8 nitrogen and oxygen atoms in total. The molecule has 1 N–H and O–H groups in total. The van der Waals surface area contributed by atoms with Gasteiger partial charge in [-0.15, -0.1) is 0 Å². The monoisotopic (exact) mass is 557 g/mol. The molecule has 0 spiro atoms. The van der Waals surface area contributed by atoms with Crippen LogP contribution in [0.25, 0.3) is 0 Å². The zero-order valence-corrected chi connectivity index (χ0v) is 23.3. The summed E-state index contributed by atoms with van der Waals surface area (Å²) in [4.78, 5) is 17.6. The van der Waals surface area contributed by atoms with Crippen molar-refractivity contribution in [1.82, 2.24) is 9.62 Å². The van der Waals surface area contributed by atoms with Crippen molar-refractivity contribution in [3.8, 4) is 11.5 Å². The first-order valence-electron chi connectivity index (χ1n) is 12.3. The topological polar surface area (TPSA) is 88.2 Å². The lowest BCUT2D eigenvalue weighted by molar-refractivity contribution is -0.133. The van der Waals surface area contributed by atoms with Crippen LogP contribution in [-0.4, -0.2) is 65.7 Å². The summed E-state index contributed by atoms with van der Waals surface area (Å²) in [6, 6.07) is 18.5. The number of halogens is 1. The number of sulfonamides is 1. The van der Waals surface area contributed by atoms with E-state index in [-0.39, 0.29) is 23.0 Å². The zero-order chi connectivity index (χ0) is 27.3. The van der Waals surface area contributed by atoms with Gasteiger partial charge in [-0.1, -0.05) is 48.0 Å². The van der Waals surface area contributed by atoms with E-state index >= 15 is 0 Å². The van der Waals surface area contributed by atoms with Crippen molar-refractivity contribution in [2.24, 2.45) is 0 Å². The summed E-state index contributed by atoms with van der Waals surface area (Å²) in [6.07, 6.45) is 0.222. The molecule has 0 unspecified atom stereocenters. The number of hydrogen-bond acceptors (Lipinski definition) is 6. The molecule has 202 valence electrons. The maximum absolute atomic E-state index is 13.7. The summed E-state index contributed by atoms with van der Waals surface area (Å²) in [5.74, 6) is 0.435. The molecule has 0 radical (unpaired) electrons. The summed E-state index contributed by atoms with van der Waals surface area (Å²) < 4.78 is 39.9. The van der Waals surface area contributed by atoms with Gasteiger partial charge in [0.15, 0.2) is 11.5 Å². The molecule has 0 bridgehead atoms. The van der Waals surface area contributed by atoms with Gasteiger partial charge in [0, 0.05) is 43.0 Å².